The summed E-state index contributed by atoms with van der Waals surface area (Å²) in [7, 11) is 0. The fourth-order valence-electron chi connectivity index (χ4n) is 0.888. The van der Waals surface area contributed by atoms with E-state index in [4.69, 9.17) is 15.3 Å². The minimum absolute atomic E-state index is 1.02. The molecule has 2 unspecified atom stereocenters. The number of hydrogen-bond acceptors (Lipinski definition) is 4. The molecule has 1 rings (SSSR count). The van der Waals surface area contributed by atoms with Crippen molar-refractivity contribution in [2.45, 2.75) is 28.8 Å². The van der Waals surface area contributed by atoms with E-state index in [1.165, 1.54) is 0 Å². The fourth-order valence-corrected chi connectivity index (χ4v) is 1.48. The van der Waals surface area contributed by atoms with Crippen LogP contribution in [0.5, 0.6) is 0 Å². The SMILES string of the molecule is OC(I)[C@H]1OC(F)[C@H](O)[C@@H]1O. The standard InChI is InChI=1S/C5H8FIO4/c6-4-2(9)1(8)3(11-4)5(7)10/h1-5,8-10H/t1-,2+,3-,4?,5?/m0/s1. The average Bonchev–Trinajstić information content (AvgIpc) is 2.17. The Morgan fingerprint density at radius 2 is 1.91 bits per heavy atom. The molecule has 0 saturated carbocycles. The van der Waals surface area contributed by atoms with Gasteiger partial charge in [-0.3, -0.25) is 0 Å². The van der Waals surface area contributed by atoms with Crippen LogP contribution in [0.1, 0.15) is 0 Å². The van der Waals surface area contributed by atoms with Crippen LogP contribution in [0, 0.1) is 0 Å². The van der Waals surface area contributed by atoms with Crippen molar-refractivity contribution in [2.75, 3.05) is 0 Å². The van der Waals surface area contributed by atoms with E-state index in [0.717, 1.165) is 0 Å². The Hall–Kier alpha value is 0.500. The lowest BCUT2D eigenvalue weighted by Crippen LogP contribution is -2.35. The lowest BCUT2D eigenvalue weighted by molar-refractivity contribution is -0.0852. The Balaban J connectivity index is 2.59. The maximum atomic E-state index is 12.4. The van der Waals surface area contributed by atoms with Crippen molar-refractivity contribution in [1.82, 2.24) is 0 Å². The largest absolute Gasteiger partial charge is 0.387 e. The molecule has 1 aliphatic rings. The summed E-state index contributed by atoms with van der Waals surface area (Å²) in [6, 6.07) is 0. The number of aliphatic hydroxyl groups excluding tert-OH is 3. The lowest BCUT2D eigenvalue weighted by Gasteiger charge is -2.14. The Morgan fingerprint density at radius 1 is 1.36 bits per heavy atom. The predicted molar refractivity (Wildman–Crippen MR) is 41.8 cm³/mol. The zero-order valence-corrected chi connectivity index (χ0v) is 7.55. The van der Waals surface area contributed by atoms with E-state index in [-0.39, 0.29) is 0 Å². The first kappa shape index (κ1) is 9.59. The van der Waals surface area contributed by atoms with E-state index >= 15 is 0 Å². The summed E-state index contributed by atoms with van der Waals surface area (Å²) in [5.41, 5.74) is 0. The maximum absolute atomic E-state index is 12.4. The Kier molecular flexibility index (Phi) is 3.03. The molecule has 0 aromatic rings. The molecule has 1 aliphatic heterocycles. The predicted octanol–water partition coefficient (Wildman–Crippen LogP) is -0.844. The van der Waals surface area contributed by atoms with Gasteiger partial charge in [-0.25, -0.2) is 4.39 Å². The number of aliphatic hydroxyl groups is 3. The molecule has 0 spiro atoms. The summed E-state index contributed by atoms with van der Waals surface area (Å²) >= 11 is 1.57. The van der Waals surface area contributed by atoms with Crippen LogP contribution in [0.25, 0.3) is 0 Å². The van der Waals surface area contributed by atoms with Gasteiger partial charge in [-0.2, -0.15) is 0 Å². The van der Waals surface area contributed by atoms with Crippen LogP contribution in [0.2, 0.25) is 0 Å². The van der Waals surface area contributed by atoms with Crippen molar-refractivity contribution < 1.29 is 24.4 Å². The van der Waals surface area contributed by atoms with Gasteiger partial charge in [0, 0.05) is 0 Å². The normalized spacial score (nSPS) is 47.7. The summed E-state index contributed by atoms with van der Waals surface area (Å²) in [6.45, 7) is 0. The molecule has 0 amide bonds. The molecule has 5 atom stereocenters. The van der Waals surface area contributed by atoms with Crippen molar-refractivity contribution in [3.63, 3.8) is 0 Å². The average molecular weight is 278 g/mol. The molecule has 0 bridgehead atoms. The van der Waals surface area contributed by atoms with Crippen molar-refractivity contribution in [3.8, 4) is 0 Å². The summed E-state index contributed by atoms with van der Waals surface area (Å²) in [5.74, 6) is 0. The molecule has 0 radical (unpaired) electrons. The van der Waals surface area contributed by atoms with Crippen molar-refractivity contribution in [3.05, 3.63) is 0 Å². The highest BCUT2D eigenvalue weighted by molar-refractivity contribution is 14.1. The minimum atomic E-state index is -1.90. The van der Waals surface area contributed by atoms with Crippen LogP contribution in [0.4, 0.5) is 4.39 Å². The highest BCUT2D eigenvalue weighted by Gasteiger charge is 2.45. The van der Waals surface area contributed by atoms with Gasteiger partial charge in [0.2, 0.25) is 6.36 Å². The second-order valence-electron chi connectivity index (χ2n) is 2.31. The number of halogens is 2. The maximum Gasteiger partial charge on any atom is 0.228 e. The quantitative estimate of drug-likeness (QED) is 0.432. The molecule has 0 aromatic carbocycles. The summed E-state index contributed by atoms with van der Waals surface area (Å²) in [6.07, 6.45) is -5.85. The van der Waals surface area contributed by atoms with Gasteiger partial charge >= 0.3 is 0 Å². The molecule has 4 nitrogen and oxygen atoms in total. The summed E-state index contributed by atoms with van der Waals surface area (Å²) in [5, 5.41) is 26.7. The second-order valence-corrected chi connectivity index (χ2v) is 3.58. The first-order valence-corrected chi connectivity index (χ1v) is 4.26. The fraction of sp³-hybridized carbons (Fsp3) is 1.00. The second kappa shape index (κ2) is 3.48. The number of rotatable bonds is 1. The zero-order chi connectivity index (χ0) is 8.59. The Bertz CT molecular complexity index is 144. The molecule has 0 aliphatic carbocycles. The molecule has 66 valence electrons. The molecule has 1 fully saturated rings. The highest BCUT2D eigenvalue weighted by Crippen LogP contribution is 2.26. The van der Waals surface area contributed by atoms with E-state index in [2.05, 4.69) is 4.74 Å². The van der Waals surface area contributed by atoms with Gasteiger partial charge < -0.3 is 20.1 Å². The molecule has 6 heteroatoms. The number of alkyl halides is 2. The summed E-state index contributed by atoms with van der Waals surface area (Å²) < 4.78 is 15.8. The summed E-state index contributed by atoms with van der Waals surface area (Å²) in [4.78, 5) is 0. The Morgan fingerprint density at radius 3 is 2.09 bits per heavy atom. The topological polar surface area (TPSA) is 69.9 Å². The van der Waals surface area contributed by atoms with E-state index in [0.29, 0.717) is 0 Å². The third-order valence-corrected chi connectivity index (χ3v) is 2.22. The first-order chi connectivity index (χ1) is 5.04. The van der Waals surface area contributed by atoms with Gasteiger partial charge in [0.15, 0.2) is 0 Å². The molecule has 0 aromatic heterocycles. The lowest BCUT2D eigenvalue weighted by atomic mass is 10.1. The molecular formula is C5H8FIO4. The van der Waals surface area contributed by atoms with E-state index in [9.17, 15) is 4.39 Å². The smallest absolute Gasteiger partial charge is 0.228 e. The minimum Gasteiger partial charge on any atom is -0.387 e. The molecule has 1 heterocycles. The zero-order valence-electron chi connectivity index (χ0n) is 5.39. The molecule has 11 heavy (non-hydrogen) atoms. The van der Waals surface area contributed by atoms with Crippen LogP contribution in [0.15, 0.2) is 0 Å². The van der Waals surface area contributed by atoms with Crippen molar-refractivity contribution in [2.24, 2.45) is 0 Å². The monoisotopic (exact) mass is 278 g/mol. The van der Waals surface area contributed by atoms with Crippen LogP contribution in [0.3, 0.4) is 0 Å². The van der Waals surface area contributed by atoms with Gasteiger partial charge in [0.1, 0.15) is 22.4 Å². The first-order valence-electron chi connectivity index (χ1n) is 3.02. The van der Waals surface area contributed by atoms with E-state index in [1.807, 2.05) is 0 Å². The van der Waals surface area contributed by atoms with Gasteiger partial charge in [-0.15, -0.1) is 0 Å². The van der Waals surface area contributed by atoms with Crippen molar-refractivity contribution >= 4 is 22.6 Å². The highest BCUT2D eigenvalue weighted by atomic mass is 127. The Labute approximate surface area is 76.1 Å². The van der Waals surface area contributed by atoms with Crippen LogP contribution in [-0.2, 0) is 4.74 Å². The van der Waals surface area contributed by atoms with Crippen LogP contribution >= 0.6 is 22.6 Å². The van der Waals surface area contributed by atoms with Gasteiger partial charge in [-0.05, 0) is 22.6 Å². The molecule has 3 N–H and O–H groups in total. The van der Waals surface area contributed by atoms with Gasteiger partial charge in [0.25, 0.3) is 0 Å². The van der Waals surface area contributed by atoms with Gasteiger partial charge in [-0.1, -0.05) is 0 Å². The number of hydrogen-bond donors (Lipinski definition) is 3. The molecule has 1 saturated heterocycles. The molecular weight excluding hydrogens is 270 g/mol. The third-order valence-electron chi connectivity index (χ3n) is 1.51. The van der Waals surface area contributed by atoms with E-state index in [1.54, 1.807) is 22.6 Å². The number of ether oxygens (including phenoxy) is 1. The third kappa shape index (κ3) is 1.81. The van der Waals surface area contributed by atoms with Crippen LogP contribution < -0.4 is 0 Å². The van der Waals surface area contributed by atoms with E-state index < -0.39 is 28.8 Å². The van der Waals surface area contributed by atoms with Crippen LogP contribution in [-0.4, -0.2) is 44.1 Å². The van der Waals surface area contributed by atoms with Gasteiger partial charge in [0.05, 0.1) is 0 Å². The van der Waals surface area contributed by atoms with Crippen molar-refractivity contribution in [1.29, 1.82) is 0 Å².